The molecule has 1 saturated carbocycles. The molecule has 2 unspecified atom stereocenters. The lowest BCUT2D eigenvalue weighted by atomic mass is 9.85. The first-order valence-corrected chi connectivity index (χ1v) is 11.6. The van der Waals surface area contributed by atoms with E-state index in [0.717, 1.165) is 17.5 Å². The first kappa shape index (κ1) is 23.9. The number of carbonyl (C=O) groups excluding carboxylic acids is 2. The van der Waals surface area contributed by atoms with Crippen LogP contribution in [-0.4, -0.2) is 44.9 Å². The van der Waals surface area contributed by atoms with Gasteiger partial charge >= 0.3 is 0 Å². The summed E-state index contributed by atoms with van der Waals surface area (Å²) in [6, 6.07) is 12.7. The lowest BCUT2D eigenvalue weighted by Crippen LogP contribution is -2.55. The van der Waals surface area contributed by atoms with Crippen molar-refractivity contribution in [1.82, 2.24) is 20.4 Å². The second kappa shape index (κ2) is 9.54. The molecule has 1 aliphatic rings. The highest BCUT2D eigenvalue weighted by Gasteiger charge is 2.36. The average Bonchev–Trinajstić information content (AvgIpc) is 3.36. The summed E-state index contributed by atoms with van der Waals surface area (Å²) < 4.78 is 15.0. The monoisotopic (exact) mass is 466 g/mol. The molecule has 0 aliphatic heterocycles. The molecule has 3 atom stereocenters. The number of carbonyl (C=O) groups is 2. The number of para-hydroxylation sites is 1. The van der Waals surface area contributed by atoms with Gasteiger partial charge in [0.2, 0.25) is 5.91 Å². The molecule has 7 nitrogen and oxygen atoms in total. The van der Waals surface area contributed by atoms with E-state index < -0.39 is 23.5 Å². The van der Waals surface area contributed by atoms with Crippen molar-refractivity contribution in [2.75, 3.05) is 0 Å². The molecule has 0 spiro atoms. The van der Waals surface area contributed by atoms with E-state index in [2.05, 4.69) is 15.7 Å². The third-order valence-electron chi connectivity index (χ3n) is 6.27. The average molecular weight is 467 g/mol. The molecule has 3 N–H and O–H groups in total. The Bertz CT molecular complexity index is 1180. The van der Waals surface area contributed by atoms with Crippen molar-refractivity contribution in [3.05, 3.63) is 65.6 Å². The van der Waals surface area contributed by atoms with Crippen LogP contribution in [0, 0.1) is 11.2 Å². The van der Waals surface area contributed by atoms with Crippen LogP contribution in [0.5, 0.6) is 0 Å². The van der Waals surface area contributed by atoms with E-state index in [1.54, 1.807) is 16.8 Å². The number of amides is 2. The molecular formula is C26H31FN4O3. The van der Waals surface area contributed by atoms with Crippen molar-refractivity contribution in [2.45, 2.75) is 64.8 Å². The SMILES string of the molecule is CC(C)(C)C(NC(=O)c1nn(Cc2ccc(F)cc2)c2ccccc12)C(=O)N[C@@H]1CCC(O)C1. The Hall–Kier alpha value is -3.26. The maximum absolute atomic E-state index is 13.4. The van der Waals surface area contributed by atoms with Crippen LogP contribution in [0.15, 0.2) is 48.5 Å². The fraction of sp³-hybridized carbons (Fsp3) is 0.423. The smallest absolute Gasteiger partial charge is 0.273 e. The minimum absolute atomic E-state index is 0.0972. The van der Waals surface area contributed by atoms with Gasteiger partial charge in [0.15, 0.2) is 5.69 Å². The molecule has 1 fully saturated rings. The van der Waals surface area contributed by atoms with Crippen LogP contribution in [0.4, 0.5) is 4.39 Å². The number of aromatic nitrogens is 2. The van der Waals surface area contributed by atoms with Gasteiger partial charge in [-0.15, -0.1) is 0 Å². The second-order valence-corrected chi connectivity index (χ2v) is 10.1. The van der Waals surface area contributed by atoms with Gasteiger partial charge in [-0.25, -0.2) is 4.39 Å². The van der Waals surface area contributed by atoms with E-state index in [4.69, 9.17) is 0 Å². The largest absolute Gasteiger partial charge is 0.393 e. The zero-order valence-electron chi connectivity index (χ0n) is 19.7. The third kappa shape index (κ3) is 5.28. The van der Waals surface area contributed by atoms with Crippen molar-refractivity contribution in [2.24, 2.45) is 5.41 Å². The van der Waals surface area contributed by atoms with Gasteiger partial charge in [0, 0.05) is 11.4 Å². The van der Waals surface area contributed by atoms with Gasteiger partial charge in [-0.2, -0.15) is 5.10 Å². The molecule has 1 aliphatic carbocycles. The van der Waals surface area contributed by atoms with Gasteiger partial charge in [-0.05, 0) is 48.4 Å². The van der Waals surface area contributed by atoms with Crippen LogP contribution in [0.2, 0.25) is 0 Å². The number of aliphatic hydroxyl groups is 1. The molecule has 4 rings (SSSR count). The number of hydrogen-bond donors (Lipinski definition) is 3. The Labute approximate surface area is 198 Å². The minimum atomic E-state index is -0.779. The van der Waals surface area contributed by atoms with E-state index in [-0.39, 0.29) is 23.5 Å². The van der Waals surface area contributed by atoms with Gasteiger partial charge in [-0.3, -0.25) is 14.3 Å². The first-order chi connectivity index (χ1) is 16.1. The first-order valence-electron chi connectivity index (χ1n) is 11.6. The summed E-state index contributed by atoms with van der Waals surface area (Å²) in [5.74, 6) is -1.02. The molecule has 3 aromatic rings. The summed E-state index contributed by atoms with van der Waals surface area (Å²) in [5, 5.41) is 20.9. The van der Waals surface area contributed by atoms with Crippen LogP contribution >= 0.6 is 0 Å². The molecule has 180 valence electrons. The number of rotatable bonds is 6. The number of halogens is 1. The van der Waals surface area contributed by atoms with Crippen LogP contribution in [0.25, 0.3) is 10.9 Å². The van der Waals surface area contributed by atoms with Gasteiger partial charge in [-0.1, -0.05) is 51.1 Å². The predicted molar refractivity (Wildman–Crippen MR) is 128 cm³/mol. The zero-order chi connectivity index (χ0) is 24.5. The highest BCUT2D eigenvalue weighted by molar-refractivity contribution is 6.06. The Balaban J connectivity index is 1.58. The van der Waals surface area contributed by atoms with Crippen LogP contribution < -0.4 is 10.6 Å². The third-order valence-corrected chi connectivity index (χ3v) is 6.27. The lowest BCUT2D eigenvalue weighted by Gasteiger charge is -2.31. The number of fused-ring (bicyclic) bond motifs is 1. The molecule has 1 heterocycles. The molecule has 34 heavy (non-hydrogen) atoms. The molecule has 8 heteroatoms. The normalized spacial score (nSPS) is 19.2. The summed E-state index contributed by atoms with van der Waals surface area (Å²) in [5.41, 5.74) is 1.32. The van der Waals surface area contributed by atoms with E-state index in [0.29, 0.717) is 24.8 Å². The standard InChI is InChI=1S/C26H31FN4O3/c1-26(2,3)23(25(34)28-18-12-13-19(32)14-18)29-24(33)22-20-6-4-5-7-21(20)31(30-22)15-16-8-10-17(27)11-9-16/h4-11,18-19,23,32H,12-15H2,1-3H3,(H,28,34)(H,29,33)/t18-,19?,23?/m1/s1. The quantitative estimate of drug-likeness (QED) is 0.519. The summed E-state index contributed by atoms with van der Waals surface area (Å²) in [7, 11) is 0. The summed E-state index contributed by atoms with van der Waals surface area (Å²) in [6.07, 6.45) is 1.50. The van der Waals surface area contributed by atoms with E-state index in [1.807, 2.05) is 45.0 Å². The molecule has 0 radical (unpaired) electrons. The summed E-state index contributed by atoms with van der Waals surface area (Å²) in [6.45, 7) is 6.06. The second-order valence-electron chi connectivity index (χ2n) is 10.1. The van der Waals surface area contributed by atoms with Crippen LogP contribution in [0.3, 0.4) is 0 Å². The molecule has 0 saturated heterocycles. The lowest BCUT2D eigenvalue weighted by molar-refractivity contribution is -0.126. The Morgan fingerprint density at radius 3 is 2.50 bits per heavy atom. The van der Waals surface area contributed by atoms with E-state index in [1.165, 1.54) is 12.1 Å². The highest BCUT2D eigenvalue weighted by Crippen LogP contribution is 2.24. The van der Waals surface area contributed by atoms with Crippen LogP contribution in [0.1, 0.15) is 56.1 Å². The maximum atomic E-state index is 13.4. The summed E-state index contributed by atoms with van der Waals surface area (Å²) >= 11 is 0. The van der Waals surface area contributed by atoms with Gasteiger partial charge in [0.05, 0.1) is 18.2 Å². The number of nitrogens with one attached hydrogen (secondary N) is 2. The van der Waals surface area contributed by atoms with Gasteiger partial charge in [0.25, 0.3) is 5.91 Å². The van der Waals surface area contributed by atoms with Crippen LogP contribution in [-0.2, 0) is 11.3 Å². The minimum Gasteiger partial charge on any atom is -0.393 e. The van der Waals surface area contributed by atoms with E-state index in [9.17, 15) is 19.1 Å². The molecule has 0 bridgehead atoms. The fourth-order valence-corrected chi connectivity index (χ4v) is 4.43. The molecule has 2 amide bonds. The molecule has 1 aromatic heterocycles. The van der Waals surface area contributed by atoms with Crippen molar-refractivity contribution < 1.29 is 19.1 Å². The molecular weight excluding hydrogens is 435 g/mol. The molecule has 2 aromatic carbocycles. The summed E-state index contributed by atoms with van der Waals surface area (Å²) in [4.78, 5) is 26.5. The highest BCUT2D eigenvalue weighted by atomic mass is 19.1. The number of aliphatic hydroxyl groups excluding tert-OH is 1. The van der Waals surface area contributed by atoms with E-state index >= 15 is 0 Å². The fourth-order valence-electron chi connectivity index (χ4n) is 4.43. The van der Waals surface area contributed by atoms with Crippen molar-refractivity contribution in [3.63, 3.8) is 0 Å². The number of benzene rings is 2. The van der Waals surface area contributed by atoms with Crippen molar-refractivity contribution in [3.8, 4) is 0 Å². The van der Waals surface area contributed by atoms with Gasteiger partial charge < -0.3 is 15.7 Å². The van der Waals surface area contributed by atoms with Crippen molar-refractivity contribution >= 4 is 22.7 Å². The van der Waals surface area contributed by atoms with Gasteiger partial charge in [0.1, 0.15) is 11.9 Å². The predicted octanol–water partition coefficient (Wildman–Crippen LogP) is 3.40. The Morgan fingerprint density at radius 2 is 1.85 bits per heavy atom. The van der Waals surface area contributed by atoms with Crippen molar-refractivity contribution in [1.29, 1.82) is 0 Å². The Morgan fingerprint density at radius 1 is 1.15 bits per heavy atom. The topological polar surface area (TPSA) is 96.2 Å². The number of hydrogen-bond acceptors (Lipinski definition) is 4. The number of nitrogens with zero attached hydrogens (tertiary/aromatic N) is 2. The Kier molecular flexibility index (Phi) is 6.70. The maximum Gasteiger partial charge on any atom is 0.273 e. The zero-order valence-corrected chi connectivity index (χ0v) is 19.7.